The molecule has 0 aliphatic carbocycles. The smallest absolute Gasteiger partial charge is 0.209 e. The van der Waals surface area contributed by atoms with Gasteiger partial charge in [-0.3, -0.25) is 0 Å². The third-order valence-electron chi connectivity index (χ3n) is 5.50. The number of benzene rings is 1. The molecule has 0 spiro atoms. The Kier molecular flexibility index (Phi) is 6.66. The normalized spacial score (nSPS) is 16.7. The topological polar surface area (TPSA) is 60.5 Å². The maximum atomic E-state index is 5.27. The van der Waals surface area contributed by atoms with Gasteiger partial charge < -0.3 is 14.5 Å². The van der Waals surface area contributed by atoms with Gasteiger partial charge in [0.15, 0.2) is 0 Å². The number of hydrogen-bond donors (Lipinski definition) is 1. The molecule has 27 heavy (non-hydrogen) atoms. The molecule has 7 nitrogen and oxygen atoms in total. The molecule has 0 saturated carbocycles. The fourth-order valence-electron chi connectivity index (χ4n) is 3.92. The number of hydrogen-bond acceptors (Lipinski definition) is 5. The number of tetrazole rings is 1. The summed E-state index contributed by atoms with van der Waals surface area (Å²) in [6.45, 7) is 10.8. The van der Waals surface area contributed by atoms with Gasteiger partial charge in [-0.15, -0.1) is 5.10 Å². The molecule has 1 fully saturated rings. The molecule has 1 aliphatic heterocycles. The molecule has 1 aromatic heterocycles. The lowest BCUT2D eigenvalue weighted by Crippen LogP contribution is -3.15. The lowest BCUT2D eigenvalue weighted by Gasteiger charge is -2.37. The highest BCUT2D eigenvalue weighted by Gasteiger charge is 2.32. The van der Waals surface area contributed by atoms with E-state index < -0.39 is 0 Å². The van der Waals surface area contributed by atoms with Gasteiger partial charge in [0, 0.05) is 12.1 Å². The van der Waals surface area contributed by atoms with Crippen LogP contribution in [-0.2, 0) is 0 Å². The lowest BCUT2D eigenvalue weighted by molar-refractivity contribution is -0.933. The minimum atomic E-state index is 0.291. The van der Waals surface area contributed by atoms with E-state index in [4.69, 9.17) is 4.74 Å². The molecule has 2 heterocycles. The van der Waals surface area contributed by atoms with Crippen LogP contribution in [0, 0.1) is 0 Å². The second kappa shape index (κ2) is 9.17. The summed E-state index contributed by atoms with van der Waals surface area (Å²) in [6.07, 6.45) is 3.55. The number of nitrogens with one attached hydrogen (secondary N) is 1. The molecule has 148 valence electrons. The summed E-state index contributed by atoms with van der Waals surface area (Å²) in [6, 6.07) is 9.04. The molecule has 2 aromatic rings. The molecule has 1 N–H and O–H groups in total. The van der Waals surface area contributed by atoms with Crippen LogP contribution in [0.4, 0.5) is 5.69 Å². The number of rotatable bonds is 8. The second-order valence-corrected chi connectivity index (χ2v) is 7.61. The Morgan fingerprint density at radius 3 is 2.44 bits per heavy atom. The van der Waals surface area contributed by atoms with Crippen molar-refractivity contribution in [3.63, 3.8) is 0 Å². The van der Waals surface area contributed by atoms with Crippen LogP contribution < -0.4 is 14.5 Å². The number of aromatic nitrogens is 4. The maximum Gasteiger partial charge on any atom is 0.209 e. The summed E-state index contributed by atoms with van der Waals surface area (Å²) in [5, 5.41) is 12.6. The molecule has 0 bridgehead atoms. The van der Waals surface area contributed by atoms with Crippen LogP contribution in [0.1, 0.15) is 57.9 Å². The van der Waals surface area contributed by atoms with E-state index in [2.05, 4.69) is 53.3 Å². The van der Waals surface area contributed by atoms with E-state index >= 15 is 0 Å². The zero-order chi connectivity index (χ0) is 19.2. The number of quaternary nitrogens is 1. The van der Waals surface area contributed by atoms with E-state index in [1.54, 1.807) is 12.0 Å². The first-order valence-electron chi connectivity index (χ1n) is 10.1. The fourth-order valence-corrected chi connectivity index (χ4v) is 3.92. The van der Waals surface area contributed by atoms with E-state index in [1.807, 2.05) is 16.8 Å². The highest BCUT2D eigenvalue weighted by atomic mass is 16.5. The molecule has 1 aromatic carbocycles. The third-order valence-corrected chi connectivity index (χ3v) is 5.50. The van der Waals surface area contributed by atoms with E-state index in [9.17, 15) is 0 Å². The average Bonchev–Trinajstić information content (AvgIpc) is 3.19. The van der Waals surface area contributed by atoms with Crippen molar-refractivity contribution in [1.82, 2.24) is 20.2 Å². The van der Waals surface area contributed by atoms with Crippen LogP contribution in [0.2, 0.25) is 0 Å². The van der Waals surface area contributed by atoms with Crippen molar-refractivity contribution in [2.75, 3.05) is 38.2 Å². The molecule has 0 radical (unpaired) electrons. The molecule has 7 heteroatoms. The number of piperazine rings is 1. The number of anilines is 1. The number of ether oxygens (including phenoxy) is 1. The van der Waals surface area contributed by atoms with Gasteiger partial charge in [0.05, 0.1) is 39.3 Å². The summed E-state index contributed by atoms with van der Waals surface area (Å²) >= 11 is 0. The van der Waals surface area contributed by atoms with Crippen LogP contribution >= 0.6 is 0 Å². The summed E-state index contributed by atoms with van der Waals surface area (Å²) in [5.74, 6) is 1.95. The van der Waals surface area contributed by atoms with Gasteiger partial charge in [-0.2, -0.15) is 0 Å². The first-order chi connectivity index (χ1) is 13.1. The Labute approximate surface area is 162 Å². The Morgan fingerprint density at radius 2 is 1.85 bits per heavy atom. The zero-order valence-corrected chi connectivity index (χ0v) is 17.1. The number of nitrogens with zero attached hydrogens (tertiary/aromatic N) is 5. The average molecular weight is 374 g/mol. The predicted octanol–water partition coefficient (Wildman–Crippen LogP) is 1.90. The van der Waals surface area contributed by atoms with Crippen LogP contribution in [-0.4, -0.2) is 53.5 Å². The van der Waals surface area contributed by atoms with Gasteiger partial charge in [-0.25, -0.2) is 4.68 Å². The first-order valence-corrected chi connectivity index (χ1v) is 10.1. The van der Waals surface area contributed by atoms with Crippen molar-refractivity contribution in [1.29, 1.82) is 0 Å². The van der Waals surface area contributed by atoms with Crippen molar-refractivity contribution in [3.8, 4) is 5.75 Å². The van der Waals surface area contributed by atoms with Gasteiger partial charge >= 0.3 is 0 Å². The van der Waals surface area contributed by atoms with Crippen molar-refractivity contribution in [2.24, 2.45) is 0 Å². The molecule has 1 atom stereocenters. The standard InChI is InChI=1S/C20H32N6O/c1-5-6-7-19(20-21-22-23-26(20)16(2)3)25-14-12-24(13-15-25)17-8-10-18(27-4)11-9-17/h8-11,16,19H,5-7,12-15H2,1-4H3/p+1/t19-/m0/s1. The molecular weight excluding hydrogens is 340 g/mol. The van der Waals surface area contributed by atoms with E-state index in [1.165, 1.54) is 18.5 Å². The molecule has 0 amide bonds. The SMILES string of the molecule is CCCC[C@@H](c1nnnn1C(C)C)[NH+]1CCN(c2ccc(OC)cc2)CC1. The van der Waals surface area contributed by atoms with Crippen LogP contribution in [0.5, 0.6) is 5.75 Å². The fraction of sp³-hybridized carbons (Fsp3) is 0.650. The summed E-state index contributed by atoms with van der Waals surface area (Å²) in [4.78, 5) is 4.07. The number of methoxy groups -OCH3 is 1. The van der Waals surface area contributed by atoms with Crippen LogP contribution in [0.3, 0.4) is 0 Å². The van der Waals surface area contributed by atoms with E-state index in [-0.39, 0.29) is 0 Å². The summed E-state index contributed by atoms with van der Waals surface area (Å²) in [5.41, 5.74) is 1.27. The van der Waals surface area contributed by atoms with Crippen molar-refractivity contribution < 1.29 is 9.64 Å². The van der Waals surface area contributed by atoms with Gasteiger partial charge in [0.25, 0.3) is 0 Å². The Bertz CT molecular complexity index is 691. The molecule has 1 saturated heterocycles. The molecule has 0 unspecified atom stereocenters. The van der Waals surface area contributed by atoms with Crippen molar-refractivity contribution in [3.05, 3.63) is 30.1 Å². The van der Waals surface area contributed by atoms with Crippen molar-refractivity contribution in [2.45, 2.75) is 52.1 Å². The quantitative estimate of drug-likeness (QED) is 0.766. The lowest BCUT2D eigenvalue weighted by atomic mass is 10.1. The second-order valence-electron chi connectivity index (χ2n) is 7.61. The Balaban J connectivity index is 1.69. The molecule has 1 aliphatic rings. The Hall–Kier alpha value is -2.15. The Morgan fingerprint density at radius 1 is 1.15 bits per heavy atom. The molecular formula is C20H33N6O+. The maximum absolute atomic E-state index is 5.27. The van der Waals surface area contributed by atoms with E-state index in [0.717, 1.165) is 44.2 Å². The van der Waals surface area contributed by atoms with Gasteiger partial charge in [-0.05, 0) is 55.0 Å². The van der Waals surface area contributed by atoms with Gasteiger partial charge in [-0.1, -0.05) is 13.3 Å². The highest BCUT2D eigenvalue weighted by molar-refractivity contribution is 5.49. The minimum Gasteiger partial charge on any atom is -0.497 e. The van der Waals surface area contributed by atoms with Gasteiger partial charge in [0.2, 0.25) is 5.82 Å². The summed E-state index contributed by atoms with van der Waals surface area (Å²) in [7, 11) is 1.71. The highest BCUT2D eigenvalue weighted by Crippen LogP contribution is 2.21. The van der Waals surface area contributed by atoms with Gasteiger partial charge in [0.1, 0.15) is 11.8 Å². The predicted molar refractivity (Wildman–Crippen MR) is 106 cm³/mol. The van der Waals surface area contributed by atoms with Crippen molar-refractivity contribution >= 4 is 5.69 Å². The van der Waals surface area contributed by atoms with E-state index in [0.29, 0.717) is 12.1 Å². The summed E-state index contributed by atoms with van der Waals surface area (Å²) < 4.78 is 7.27. The van der Waals surface area contributed by atoms with Crippen LogP contribution in [0.25, 0.3) is 0 Å². The third kappa shape index (κ3) is 4.58. The number of unbranched alkanes of at least 4 members (excludes halogenated alkanes) is 1. The van der Waals surface area contributed by atoms with Crippen LogP contribution in [0.15, 0.2) is 24.3 Å². The largest absolute Gasteiger partial charge is 0.497 e. The minimum absolute atomic E-state index is 0.291. The zero-order valence-electron chi connectivity index (χ0n) is 17.1. The monoisotopic (exact) mass is 373 g/mol. The first kappa shape index (κ1) is 19.6. The molecule has 3 rings (SSSR count).